The van der Waals surface area contributed by atoms with Crippen molar-refractivity contribution in [2.45, 2.75) is 6.92 Å². The molecule has 0 aliphatic carbocycles. The lowest BCUT2D eigenvalue weighted by molar-refractivity contribution is -0.384. The molecule has 0 saturated heterocycles. The van der Waals surface area contributed by atoms with Crippen LogP contribution in [0.3, 0.4) is 0 Å². The Balaban J connectivity index is 1.49. The number of nitrogens with one attached hydrogen (secondary N) is 1. The van der Waals surface area contributed by atoms with E-state index in [1.807, 2.05) is 31.2 Å². The Morgan fingerprint density at radius 2 is 1.87 bits per heavy atom. The van der Waals surface area contributed by atoms with E-state index in [-0.39, 0.29) is 11.6 Å². The second-order valence-electron chi connectivity index (χ2n) is 6.69. The Morgan fingerprint density at radius 3 is 2.60 bits per heavy atom. The van der Waals surface area contributed by atoms with Gasteiger partial charge in [-0.25, -0.2) is 4.98 Å². The summed E-state index contributed by atoms with van der Waals surface area (Å²) >= 11 is 0. The van der Waals surface area contributed by atoms with E-state index in [9.17, 15) is 14.9 Å². The number of anilines is 1. The number of nitro benzene ring substituents is 1. The monoisotopic (exact) mass is 399 g/mol. The van der Waals surface area contributed by atoms with Crippen LogP contribution < -0.4 is 5.32 Å². The van der Waals surface area contributed by atoms with Crippen LogP contribution >= 0.6 is 0 Å². The molecule has 0 spiro atoms. The third kappa shape index (κ3) is 4.10. The average molecular weight is 399 g/mol. The van der Waals surface area contributed by atoms with Gasteiger partial charge in [0, 0.05) is 29.5 Å². The second kappa shape index (κ2) is 8.00. The summed E-state index contributed by atoms with van der Waals surface area (Å²) in [5, 5.41) is 13.5. The summed E-state index contributed by atoms with van der Waals surface area (Å²) in [5.74, 6) is 0.208. The lowest BCUT2D eigenvalue weighted by Crippen LogP contribution is -2.07. The van der Waals surface area contributed by atoms with Crippen molar-refractivity contribution < 1.29 is 14.1 Å². The van der Waals surface area contributed by atoms with Crippen molar-refractivity contribution in [1.82, 2.24) is 4.98 Å². The maximum absolute atomic E-state index is 12.2. The van der Waals surface area contributed by atoms with Gasteiger partial charge in [0.1, 0.15) is 5.52 Å². The number of nitrogens with zero attached hydrogens (tertiary/aromatic N) is 2. The number of nitro groups is 1. The van der Waals surface area contributed by atoms with E-state index in [0.717, 1.165) is 11.1 Å². The Kier molecular flexibility index (Phi) is 5.09. The first-order chi connectivity index (χ1) is 14.5. The summed E-state index contributed by atoms with van der Waals surface area (Å²) in [5.41, 5.74) is 4.54. The first-order valence-electron chi connectivity index (χ1n) is 9.20. The number of amides is 1. The van der Waals surface area contributed by atoms with E-state index in [1.165, 1.54) is 18.2 Å². The van der Waals surface area contributed by atoms with Gasteiger partial charge in [0.15, 0.2) is 5.58 Å². The predicted octanol–water partition coefficient (Wildman–Crippen LogP) is 5.36. The largest absolute Gasteiger partial charge is 0.436 e. The summed E-state index contributed by atoms with van der Waals surface area (Å²) in [6, 6.07) is 19.0. The number of oxazole rings is 1. The normalized spacial score (nSPS) is 11.1. The third-order valence-electron chi connectivity index (χ3n) is 4.56. The molecule has 1 amide bonds. The SMILES string of the molecule is Cc1ccccc1-c1nc2cc(NC(=O)/C=C/c3ccc([N+](=O)[O-])cc3)ccc2o1. The van der Waals surface area contributed by atoms with E-state index in [2.05, 4.69) is 10.3 Å². The molecule has 7 heteroatoms. The zero-order valence-corrected chi connectivity index (χ0v) is 16.0. The number of non-ortho nitro benzene ring substituents is 1. The molecule has 0 unspecified atom stereocenters. The van der Waals surface area contributed by atoms with Crippen molar-refractivity contribution in [3.05, 3.63) is 94.0 Å². The molecule has 4 rings (SSSR count). The highest BCUT2D eigenvalue weighted by Crippen LogP contribution is 2.28. The molecule has 3 aromatic carbocycles. The van der Waals surface area contributed by atoms with Crippen LogP contribution in [-0.2, 0) is 4.79 Å². The smallest absolute Gasteiger partial charge is 0.269 e. The van der Waals surface area contributed by atoms with Gasteiger partial charge < -0.3 is 9.73 Å². The van der Waals surface area contributed by atoms with Crippen LogP contribution in [-0.4, -0.2) is 15.8 Å². The van der Waals surface area contributed by atoms with Gasteiger partial charge in [0.2, 0.25) is 11.8 Å². The standard InChI is InChI=1S/C23H17N3O4/c1-15-4-2-3-5-19(15)23-25-20-14-17(9-12-21(20)30-23)24-22(27)13-8-16-6-10-18(11-7-16)26(28)29/h2-14H,1H3,(H,24,27)/b13-8+. The number of fused-ring (bicyclic) bond motifs is 1. The van der Waals surface area contributed by atoms with Crippen molar-refractivity contribution in [3.63, 3.8) is 0 Å². The minimum atomic E-state index is -0.467. The average Bonchev–Trinajstić information content (AvgIpc) is 3.16. The first kappa shape index (κ1) is 19.1. The highest BCUT2D eigenvalue weighted by molar-refractivity contribution is 6.02. The Labute approximate surface area is 171 Å². The van der Waals surface area contributed by atoms with Gasteiger partial charge in [-0.1, -0.05) is 18.2 Å². The topological polar surface area (TPSA) is 98.3 Å². The number of rotatable bonds is 5. The quantitative estimate of drug-likeness (QED) is 0.277. The van der Waals surface area contributed by atoms with Crippen LogP contribution in [0.5, 0.6) is 0 Å². The van der Waals surface area contributed by atoms with Gasteiger partial charge in [-0.2, -0.15) is 0 Å². The zero-order chi connectivity index (χ0) is 21.1. The molecule has 0 bridgehead atoms. The Morgan fingerprint density at radius 1 is 1.10 bits per heavy atom. The number of carbonyl (C=O) groups excluding carboxylic acids is 1. The predicted molar refractivity (Wildman–Crippen MR) is 115 cm³/mol. The van der Waals surface area contributed by atoms with Crippen molar-refractivity contribution in [2.24, 2.45) is 0 Å². The van der Waals surface area contributed by atoms with E-state index in [4.69, 9.17) is 4.42 Å². The van der Waals surface area contributed by atoms with Crippen LogP contribution in [0, 0.1) is 17.0 Å². The molecule has 30 heavy (non-hydrogen) atoms. The minimum Gasteiger partial charge on any atom is -0.436 e. The van der Waals surface area contributed by atoms with Crippen LogP contribution in [0.4, 0.5) is 11.4 Å². The molecular weight excluding hydrogens is 382 g/mol. The van der Waals surface area contributed by atoms with E-state index in [1.54, 1.807) is 36.4 Å². The molecular formula is C23H17N3O4. The van der Waals surface area contributed by atoms with Gasteiger partial charge in [-0.3, -0.25) is 14.9 Å². The van der Waals surface area contributed by atoms with Gasteiger partial charge in [0.25, 0.3) is 5.69 Å². The van der Waals surface area contributed by atoms with E-state index >= 15 is 0 Å². The highest BCUT2D eigenvalue weighted by Gasteiger charge is 2.11. The molecule has 0 atom stereocenters. The maximum atomic E-state index is 12.2. The van der Waals surface area contributed by atoms with Crippen molar-refractivity contribution >= 4 is 34.5 Å². The summed E-state index contributed by atoms with van der Waals surface area (Å²) in [6.07, 6.45) is 2.96. The molecule has 0 saturated carbocycles. The fraction of sp³-hybridized carbons (Fsp3) is 0.0435. The fourth-order valence-electron chi connectivity index (χ4n) is 3.00. The molecule has 7 nitrogen and oxygen atoms in total. The Bertz CT molecular complexity index is 1270. The zero-order valence-electron chi connectivity index (χ0n) is 16.0. The lowest BCUT2D eigenvalue weighted by atomic mass is 10.1. The first-order valence-corrected chi connectivity index (χ1v) is 9.20. The van der Waals surface area contributed by atoms with Gasteiger partial charge in [-0.05, 0) is 60.5 Å². The summed E-state index contributed by atoms with van der Waals surface area (Å²) in [4.78, 5) is 27.0. The van der Waals surface area contributed by atoms with Crippen molar-refractivity contribution in [3.8, 4) is 11.5 Å². The van der Waals surface area contributed by atoms with Gasteiger partial charge in [-0.15, -0.1) is 0 Å². The lowest BCUT2D eigenvalue weighted by Gasteiger charge is -2.01. The van der Waals surface area contributed by atoms with Gasteiger partial charge >= 0.3 is 0 Å². The van der Waals surface area contributed by atoms with Crippen LogP contribution in [0.1, 0.15) is 11.1 Å². The van der Waals surface area contributed by atoms with Crippen molar-refractivity contribution in [1.29, 1.82) is 0 Å². The van der Waals surface area contributed by atoms with Gasteiger partial charge in [0.05, 0.1) is 4.92 Å². The summed E-state index contributed by atoms with van der Waals surface area (Å²) in [6.45, 7) is 1.99. The molecule has 0 fully saturated rings. The molecule has 1 N–H and O–H groups in total. The maximum Gasteiger partial charge on any atom is 0.269 e. The van der Waals surface area contributed by atoms with E-state index < -0.39 is 4.92 Å². The van der Waals surface area contributed by atoms with Crippen LogP contribution in [0.25, 0.3) is 28.6 Å². The molecule has 0 aliphatic heterocycles. The molecule has 4 aromatic rings. The Hall–Kier alpha value is -4.26. The third-order valence-corrected chi connectivity index (χ3v) is 4.56. The molecule has 0 radical (unpaired) electrons. The number of carbonyl (C=O) groups is 1. The number of hydrogen-bond acceptors (Lipinski definition) is 5. The van der Waals surface area contributed by atoms with Crippen LogP contribution in [0.15, 0.2) is 77.2 Å². The molecule has 148 valence electrons. The number of aromatic nitrogens is 1. The number of aryl methyl sites for hydroxylation is 1. The fourth-order valence-corrected chi connectivity index (χ4v) is 3.00. The number of benzene rings is 3. The highest BCUT2D eigenvalue weighted by atomic mass is 16.6. The van der Waals surface area contributed by atoms with Crippen molar-refractivity contribution in [2.75, 3.05) is 5.32 Å². The van der Waals surface area contributed by atoms with Crippen LogP contribution in [0.2, 0.25) is 0 Å². The molecule has 0 aliphatic rings. The summed E-state index contributed by atoms with van der Waals surface area (Å²) < 4.78 is 5.84. The second-order valence-corrected chi connectivity index (χ2v) is 6.69. The molecule has 1 aromatic heterocycles. The summed E-state index contributed by atoms with van der Waals surface area (Å²) in [7, 11) is 0. The minimum absolute atomic E-state index is 0.00239. The van der Waals surface area contributed by atoms with E-state index in [0.29, 0.717) is 28.2 Å². The molecule has 1 heterocycles. The number of hydrogen-bond donors (Lipinski definition) is 1.